The summed E-state index contributed by atoms with van der Waals surface area (Å²) in [6.45, 7) is 5.43. The van der Waals surface area contributed by atoms with Crippen LogP contribution in [0.4, 0.5) is 13.2 Å². The zero-order chi connectivity index (χ0) is 29.5. The van der Waals surface area contributed by atoms with Crippen LogP contribution in [0.25, 0.3) is 0 Å². The molecule has 3 fully saturated rings. The Labute approximate surface area is 247 Å². The molecular weight excluding hydrogens is 541 g/mol. The van der Waals surface area contributed by atoms with Crippen molar-refractivity contribution >= 4 is 0 Å². The molecule has 0 aromatic carbocycles. The summed E-state index contributed by atoms with van der Waals surface area (Å²) in [5, 5.41) is 11.5. The number of methoxy groups -OCH3 is 1. The smallest absolute Gasteiger partial charge is 0.417 e. The summed E-state index contributed by atoms with van der Waals surface area (Å²) in [5.74, 6) is 1.28. The summed E-state index contributed by atoms with van der Waals surface area (Å²) in [5.41, 5.74) is 2.17. The van der Waals surface area contributed by atoms with Gasteiger partial charge in [0.2, 0.25) is 5.88 Å². The number of fused-ring (bicyclic) bond motifs is 1. The normalized spacial score (nSPS) is 29.0. The molecular formula is C33H43F3N4O2. The van der Waals surface area contributed by atoms with Crippen LogP contribution in [0.1, 0.15) is 87.1 Å². The van der Waals surface area contributed by atoms with E-state index in [1.807, 2.05) is 12.1 Å². The van der Waals surface area contributed by atoms with Gasteiger partial charge in [-0.2, -0.15) is 13.2 Å². The summed E-state index contributed by atoms with van der Waals surface area (Å²) in [4.78, 5) is 13.5. The van der Waals surface area contributed by atoms with E-state index < -0.39 is 17.3 Å². The lowest BCUT2D eigenvalue weighted by molar-refractivity contribution is -0.137. The molecule has 0 spiro atoms. The summed E-state index contributed by atoms with van der Waals surface area (Å²) in [6, 6.07) is 5.47. The van der Waals surface area contributed by atoms with Gasteiger partial charge in [-0.05, 0) is 75.1 Å². The van der Waals surface area contributed by atoms with E-state index in [1.165, 1.54) is 24.6 Å². The van der Waals surface area contributed by atoms with Crippen LogP contribution in [0.15, 0.2) is 42.4 Å². The van der Waals surface area contributed by atoms with Gasteiger partial charge in [-0.25, -0.2) is 4.98 Å². The van der Waals surface area contributed by atoms with Gasteiger partial charge in [0.05, 0.1) is 18.3 Å². The first-order valence-electron chi connectivity index (χ1n) is 15.6. The summed E-state index contributed by atoms with van der Waals surface area (Å²) in [6.07, 6.45) is 10.3. The second kappa shape index (κ2) is 11.5. The maximum Gasteiger partial charge on any atom is 0.417 e. The standard InChI is InChI=1S/C33H43F3N4O2/c1-3-4-29(39-15-11-28-24(21-39)17-26(20-37-28)33(34,35)36)31(18-23-5-6-23)14-16-40(22-31)27-9-12-32(41,13-10-27)25-7-8-30(42-2)38-19-25/h4,7-8,17,19-20,23,27,41H,3,5-6,9-16,18,21-22H2,1-2H3/b29-4+. The lowest BCUT2D eigenvalue weighted by Crippen LogP contribution is -2.44. The third-order valence-electron chi connectivity index (χ3n) is 10.2. The second-order valence-corrected chi connectivity index (χ2v) is 13.0. The Morgan fingerprint density at radius 1 is 1.10 bits per heavy atom. The lowest BCUT2D eigenvalue weighted by atomic mass is 9.76. The molecule has 2 saturated carbocycles. The lowest BCUT2D eigenvalue weighted by Gasteiger charge is -2.44. The van der Waals surface area contributed by atoms with Gasteiger partial charge in [0.25, 0.3) is 0 Å². The topological polar surface area (TPSA) is 61.7 Å². The number of halogens is 3. The highest BCUT2D eigenvalue weighted by Crippen LogP contribution is 2.52. The Morgan fingerprint density at radius 2 is 1.88 bits per heavy atom. The Hall–Kier alpha value is -2.65. The van der Waals surface area contributed by atoms with Crippen LogP contribution < -0.4 is 4.74 Å². The first-order chi connectivity index (χ1) is 20.1. The van der Waals surface area contributed by atoms with Crippen LogP contribution in [-0.4, -0.2) is 57.7 Å². The fourth-order valence-corrected chi connectivity index (χ4v) is 7.74. The predicted molar refractivity (Wildman–Crippen MR) is 155 cm³/mol. The molecule has 1 N–H and O–H groups in total. The van der Waals surface area contributed by atoms with Gasteiger partial charge in [0.1, 0.15) is 0 Å². The minimum absolute atomic E-state index is 0.0113. The van der Waals surface area contributed by atoms with Gasteiger partial charge in [-0.15, -0.1) is 0 Å². The minimum atomic E-state index is -4.39. The number of likely N-dealkylation sites (tertiary alicyclic amines) is 1. The maximum atomic E-state index is 13.5. The molecule has 6 rings (SSSR count). The molecule has 9 heteroatoms. The zero-order valence-corrected chi connectivity index (χ0v) is 24.8. The quantitative estimate of drug-likeness (QED) is 0.383. The molecule has 2 aliphatic heterocycles. The van der Waals surface area contributed by atoms with Crippen LogP contribution in [0.2, 0.25) is 0 Å². The number of alkyl halides is 3. The van der Waals surface area contributed by atoms with E-state index in [2.05, 4.69) is 32.8 Å². The van der Waals surface area contributed by atoms with Gasteiger partial charge in [0, 0.05) is 72.9 Å². The number of allylic oxidation sites excluding steroid dienone is 1. The molecule has 4 aliphatic rings. The van der Waals surface area contributed by atoms with Crippen molar-refractivity contribution in [3.8, 4) is 5.88 Å². The van der Waals surface area contributed by atoms with E-state index in [1.54, 1.807) is 13.3 Å². The molecule has 2 aromatic rings. The number of hydrogen-bond acceptors (Lipinski definition) is 6. The predicted octanol–water partition coefficient (Wildman–Crippen LogP) is 6.48. The largest absolute Gasteiger partial charge is 0.481 e. The number of ether oxygens (including phenoxy) is 1. The van der Waals surface area contributed by atoms with Crippen LogP contribution >= 0.6 is 0 Å². The van der Waals surface area contributed by atoms with Crippen LogP contribution in [-0.2, 0) is 24.7 Å². The van der Waals surface area contributed by atoms with Crippen LogP contribution in [0.5, 0.6) is 5.88 Å². The molecule has 0 amide bonds. The Balaban J connectivity index is 1.19. The number of nitrogens with zero attached hydrogens (tertiary/aromatic N) is 4. The van der Waals surface area contributed by atoms with Crippen molar-refractivity contribution in [1.82, 2.24) is 19.8 Å². The van der Waals surface area contributed by atoms with Crippen molar-refractivity contribution in [1.29, 1.82) is 0 Å². The maximum absolute atomic E-state index is 13.5. The molecule has 0 bridgehead atoms. The van der Waals surface area contributed by atoms with Crippen LogP contribution in [0, 0.1) is 11.3 Å². The SMILES string of the molecule is CC/C=C(/N1CCc2ncc(C(F)(F)F)cc2C1)C1(CC2CC2)CCN(C2CCC(O)(c3ccc(OC)nc3)CC2)C1. The van der Waals surface area contributed by atoms with Gasteiger partial charge in [-0.3, -0.25) is 9.88 Å². The summed E-state index contributed by atoms with van der Waals surface area (Å²) < 4.78 is 45.7. The first kappa shape index (κ1) is 29.4. The van der Waals surface area contributed by atoms with E-state index in [9.17, 15) is 18.3 Å². The van der Waals surface area contributed by atoms with Gasteiger partial charge >= 0.3 is 6.18 Å². The average Bonchev–Trinajstić information content (AvgIpc) is 3.71. The number of rotatable bonds is 8. The third kappa shape index (κ3) is 5.91. The van der Waals surface area contributed by atoms with E-state index in [0.717, 1.165) is 75.1 Å². The van der Waals surface area contributed by atoms with Crippen molar-refractivity contribution in [2.45, 2.75) is 95.5 Å². The summed E-state index contributed by atoms with van der Waals surface area (Å²) >= 11 is 0. The third-order valence-corrected chi connectivity index (χ3v) is 10.2. The molecule has 2 aliphatic carbocycles. The van der Waals surface area contributed by atoms with Crippen LogP contribution in [0.3, 0.4) is 0 Å². The molecule has 4 heterocycles. The molecule has 6 nitrogen and oxygen atoms in total. The monoisotopic (exact) mass is 584 g/mol. The fraction of sp³-hybridized carbons (Fsp3) is 0.636. The second-order valence-electron chi connectivity index (χ2n) is 13.0. The number of pyridine rings is 2. The molecule has 2 aromatic heterocycles. The summed E-state index contributed by atoms with van der Waals surface area (Å²) in [7, 11) is 1.59. The van der Waals surface area contributed by atoms with Gasteiger partial charge < -0.3 is 14.7 Å². The number of hydrogen-bond donors (Lipinski definition) is 1. The Morgan fingerprint density at radius 3 is 2.52 bits per heavy atom. The van der Waals surface area contributed by atoms with Crippen molar-refractivity contribution in [3.63, 3.8) is 0 Å². The molecule has 0 radical (unpaired) electrons. The first-order valence-corrected chi connectivity index (χ1v) is 15.6. The molecule has 1 unspecified atom stereocenters. The highest BCUT2D eigenvalue weighted by molar-refractivity contribution is 5.31. The van der Waals surface area contributed by atoms with Crippen molar-refractivity contribution in [2.24, 2.45) is 11.3 Å². The fourth-order valence-electron chi connectivity index (χ4n) is 7.74. The van der Waals surface area contributed by atoms with Crippen molar-refractivity contribution in [3.05, 3.63) is 64.8 Å². The van der Waals surface area contributed by atoms with E-state index in [0.29, 0.717) is 43.3 Å². The zero-order valence-electron chi connectivity index (χ0n) is 24.8. The minimum Gasteiger partial charge on any atom is -0.481 e. The van der Waals surface area contributed by atoms with E-state index in [4.69, 9.17) is 4.74 Å². The van der Waals surface area contributed by atoms with Crippen molar-refractivity contribution in [2.75, 3.05) is 26.7 Å². The highest BCUT2D eigenvalue weighted by Gasteiger charge is 2.49. The van der Waals surface area contributed by atoms with E-state index in [-0.39, 0.29) is 5.41 Å². The Bertz CT molecular complexity index is 1290. The van der Waals surface area contributed by atoms with Gasteiger partial charge in [-0.1, -0.05) is 25.8 Å². The van der Waals surface area contributed by atoms with E-state index >= 15 is 0 Å². The molecule has 1 atom stereocenters. The average molecular weight is 585 g/mol. The number of aromatic nitrogens is 2. The molecule has 1 saturated heterocycles. The molecule has 228 valence electrons. The molecule has 42 heavy (non-hydrogen) atoms. The van der Waals surface area contributed by atoms with Crippen molar-refractivity contribution < 1.29 is 23.0 Å². The highest BCUT2D eigenvalue weighted by atomic mass is 19.4. The van der Waals surface area contributed by atoms with Gasteiger partial charge in [0.15, 0.2) is 0 Å². The number of aliphatic hydroxyl groups is 1. The Kier molecular flexibility index (Phi) is 8.02.